The van der Waals surface area contributed by atoms with Crippen molar-refractivity contribution in [3.8, 4) is 0 Å². The van der Waals surface area contributed by atoms with E-state index >= 15 is 0 Å². The molecular weight excluding hydrogens is 313 g/mol. The van der Waals surface area contributed by atoms with Gasteiger partial charge in [-0.25, -0.2) is 0 Å². The van der Waals surface area contributed by atoms with E-state index < -0.39 is 0 Å². The van der Waals surface area contributed by atoms with Gasteiger partial charge in [-0.05, 0) is 0 Å². The van der Waals surface area contributed by atoms with Crippen LogP contribution in [0.1, 0.15) is 0 Å². The Morgan fingerprint density at radius 1 is 1.30 bits per heavy atom. The molecule has 2 nitrogen and oxygen atoms in total. The van der Waals surface area contributed by atoms with Crippen LogP contribution < -0.4 is 8.40 Å². The molecule has 2 N–H and O–H groups in total. The summed E-state index contributed by atoms with van der Waals surface area (Å²) in [5.74, 6) is 0. The minimum atomic E-state index is 0.663. The van der Waals surface area contributed by atoms with Crippen molar-refractivity contribution >= 4 is 11.4 Å². The van der Waals surface area contributed by atoms with E-state index in [1.807, 2.05) is 24.3 Å². The summed E-state index contributed by atoms with van der Waals surface area (Å²) in [5, 5.41) is 0. The molecule has 0 amide bonds. The van der Waals surface area contributed by atoms with Gasteiger partial charge in [0.1, 0.15) is 0 Å². The molecule has 0 saturated heterocycles. The predicted octanol–water partition coefficient (Wildman–Crippen LogP) is 1.17. The van der Waals surface area contributed by atoms with Crippen molar-refractivity contribution in [2.75, 3.05) is 15.4 Å². The normalized spacial score (nSPS) is 9.50. The van der Waals surface area contributed by atoms with Gasteiger partial charge >= 0.3 is 77.5 Å². The average molecular weight is 322 g/mol. The summed E-state index contributed by atoms with van der Waals surface area (Å²) in [6.45, 7) is 0. The van der Waals surface area contributed by atoms with Gasteiger partial charge in [0.25, 0.3) is 0 Å². The Hall–Kier alpha value is -0.245. The van der Waals surface area contributed by atoms with Gasteiger partial charge in [-0.2, -0.15) is 0 Å². The molecule has 49 valence electrons. The monoisotopic (exact) mass is 323 g/mol. The molecule has 0 aliphatic carbocycles. The molecule has 0 fully saturated rings. The van der Waals surface area contributed by atoms with E-state index in [-0.39, 0.29) is 0 Å². The van der Waals surface area contributed by atoms with Gasteiger partial charge in [-0.3, -0.25) is 0 Å². The number of nitrogens with zero attached hydrogens (tertiary/aromatic N) is 1. The Balaban J connectivity index is 2.89. The van der Waals surface area contributed by atoms with Crippen LogP contribution in [0.5, 0.6) is 0 Å². The third-order valence-electron chi connectivity index (χ3n) is 1.33. The van der Waals surface area contributed by atoms with Crippen LogP contribution in [0, 0.1) is 0 Å². The zero-order chi connectivity index (χ0) is 7.56. The standard InChI is InChI=1S/C7H9N2.Hg/c1-9-7-4-2-6(8)3-5-7;/h2-5H,8H2,1H3;/q-1;+1. The Labute approximate surface area is 77.4 Å². The molecule has 10 heavy (non-hydrogen) atoms. The summed E-state index contributed by atoms with van der Waals surface area (Å²) in [7, 11) is 2.09. The molecule has 0 aliphatic heterocycles. The van der Waals surface area contributed by atoms with E-state index in [9.17, 15) is 0 Å². The Morgan fingerprint density at radius 2 is 1.80 bits per heavy atom. The molecule has 1 aromatic carbocycles. The summed E-state index contributed by atoms with van der Waals surface area (Å²) < 4.78 is 2.24. The fourth-order valence-corrected chi connectivity index (χ4v) is 1.55. The first-order valence-electron chi connectivity index (χ1n) is 3.10. The van der Waals surface area contributed by atoms with Crippen LogP contribution in [0.3, 0.4) is 0 Å². The first kappa shape index (κ1) is 7.86. The van der Waals surface area contributed by atoms with Gasteiger partial charge in [0.2, 0.25) is 0 Å². The number of benzene rings is 1. The summed E-state index contributed by atoms with van der Waals surface area (Å²) in [6.07, 6.45) is 0. The van der Waals surface area contributed by atoms with E-state index in [1.54, 1.807) is 0 Å². The SMILES string of the molecule is C[N]([Hg])c1ccc(N)cc1. The summed E-state index contributed by atoms with van der Waals surface area (Å²) in [4.78, 5) is 0. The molecule has 0 saturated carbocycles. The predicted molar refractivity (Wildman–Crippen MR) is 39.3 cm³/mol. The molecule has 0 aromatic heterocycles. The number of hydrogen-bond acceptors (Lipinski definition) is 2. The van der Waals surface area contributed by atoms with Crippen molar-refractivity contribution in [2.24, 2.45) is 0 Å². The number of nitrogen functional groups attached to an aromatic ring is 1. The Morgan fingerprint density at radius 3 is 2.20 bits per heavy atom. The van der Waals surface area contributed by atoms with Crippen LogP contribution in [0.15, 0.2) is 24.3 Å². The minimum absolute atomic E-state index is 0.663. The Bertz CT molecular complexity index is 205. The topological polar surface area (TPSA) is 29.3 Å². The van der Waals surface area contributed by atoms with E-state index in [0.717, 1.165) is 5.69 Å². The maximum absolute atomic E-state index is 5.52. The van der Waals surface area contributed by atoms with E-state index in [2.05, 4.69) is 9.71 Å². The molecule has 1 aromatic rings. The van der Waals surface area contributed by atoms with E-state index in [1.165, 1.54) is 5.69 Å². The van der Waals surface area contributed by atoms with Crippen molar-refractivity contribution in [2.45, 2.75) is 0 Å². The maximum atomic E-state index is 5.52. The van der Waals surface area contributed by atoms with Crippen molar-refractivity contribution in [3.63, 3.8) is 0 Å². The van der Waals surface area contributed by atoms with Crippen molar-refractivity contribution in [1.82, 2.24) is 0 Å². The third-order valence-corrected chi connectivity index (χ3v) is 2.75. The van der Waals surface area contributed by atoms with Crippen LogP contribution in [0.4, 0.5) is 11.4 Å². The number of nitrogens with two attached hydrogens (primary N) is 1. The zero-order valence-corrected chi connectivity index (χ0v) is 11.5. The van der Waals surface area contributed by atoms with Crippen LogP contribution in [0.25, 0.3) is 0 Å². The summed E-state index contributed by atoms with van der Waals surface area (Å²) in [5.41, 5.74) is 7.62. The van der Waals surface area contributed by atoms with Gasteiger partial charge in [0.15, 0.2) is 0 Å². The van der Waals surface area contributed by atoms with Crippen LogP contribution in [-0.2, 0) is 26.4 Å². The first-order chi connectivity index (χ1) is 4.70. The fraction of sp³-hybridized carbons (Fsp3) is 0.143. The molecule has 0 atom stereocenters. The first-order valence-corrected chi connectivity index (χ1v) is 5.56. The van der Waals surface area contributed by atoms with Gasteiger partial charge < -0.3 is 0 Å². The third kappa shape index (κ3) is 1.87. The average Bonchev–Trinajstić information content (AvgIpc) is 1.88. The molecule has 0 heterocycles. The fourth-order valence-electron chi connectivity index (χ4n) is 0.729. The van der Waals surface area contributed by atoms with Gasteiger partial charge in [0, 0.05) is 0 Å². The summed E-state index contributed by atoms with van der Waals surface area (Å²) in [6, 6.07) is 7.95. The second-order valence-corrected chi connectivity index (χ2v) is 5.98. The van der Waals surface area contributed by atoms with E-state index in [0.29, 0.717) is 26.4 Å². The Kier molecular flexibility index (Phi) is 2.54. The summed E-state index contributed by atoms with van der Waals surface area (Å²) >= 11 is 0.663. The van der Waals surface area contributed by atoms with Crippen molar-refractivity contribution in [3.05, 3.63) is 24.3 Å². The number of anilines is 2. The van der Waals surface area contributed by atoms with Gasteiger partial charge in [-0.1, -0.05) is 0 Å². The molecule has 0 radical (unpaired) electrons. The van der Waals surface area contributed by atoms with E-state index in [4.69, 9.17) is 5.73 Å². The zero-order valence-electron chi connectivity index (χ0n) is 6.04. The second-order valence-electron chi connectivity index (χ2n) is 2.29. The molecule has 0 aliphatic rings. The van der Waals surface area contributed by atoms with Crippen LogP contribution in [0.2, 0.25) is 0 Å². The van der Waals surface area contributed by atoms with Crippen LogP contribution in [-0.4, -0.2) is 7.05 Å². The van der Waals surface area contributed by atoms with Crippen LogP contribution >= 0.6 is 0 Å². The molecule has 3 heteroatoms. The second kappa shape index (κ2) is 3.24. The molecular formula is C7H9HgN2. The molecule has 0 spiro atoms. The van der Waals surface area contributed by atoms with Gasteiger partial charge in [0.05, 0.1) is 0 Å². The number of rotatable bonds is 1. The molecule has 0 unspecified atom stereocenters. The molecule has 0 bridgehead atoms. The quantitative estimate of drug-likeness (QED) is 0.621. The van der Waals surface area contributed by atoms with Crippen molar-refractivity contribution < 1.29 is 26.4 Å². The van der Waals surface area contributed by atoms with Gasteiger partial charge in [-0.15, -0.1) is 0 Å². The molecule has 1 rings (SSSR count). The number of hydrogen-bond donors (Lipinski definition) is 1. The van der Waals surface area contributed by atoms with Crippen molar-refractivity contribution in [1.29, 1.82) is 0 Å².